The molecule has 3 saturated carbocycles. The summed E-state index contributed by atoms with van der Waals surface area (Å²) >= 11 is 0. The molecule has 0 saturated heterocycles. The summed E-state index contributed by atoms with van der Waals surface area (Å²) in [7, 11) is 3.61. The average molecular weight is 507 g/mol. The van der Waals surface area contributed by atoms with E-state index in [1.165, 1.54) is 36.1 Å². The molecule has 6 rings (SSSR count). The summed E-state index contributed by atoms with van der Waals surface area (Å²) in [6.45, 7) is 4.42. The Bertz CT molecular complexity index is 1500. The lowest BCUT2D eigenvalue weighted by Gasteiger charge is -2.47. The molecule has 5 unspecified atom stereocenters. The van der Waals surface area contributed by atoms with Crippen molar-refractivity contribution in [1.82, 2.24) is 14.9 Å². The largest absolute Gasteiger partial charge is 0.363 e. The highest BCUT2D eigenvalue weighted by Crippen LogP contribution is 2.64. The lowest BCUT2D eigenvalue weighted by Crippen LogP contribution is -2.52. The van der Waals surface area contributed by atoms with Crippen LogP contribution in [-0.2, 0) is 0 Å². The minimum atomic E-state index is -0.812. The van der Waals surface area contributed by atoms with Gasteiger partial charge in [-0.15, -0.1) is 0 Å². The van der Waals surface area contributed by atoms with E-state index in [1.54, 1.807) is 17.0 Å². The van der Waals surface area contributed by atoms with Crippen LogP contribution in [0.25, 0.3) is 16.7 Å². The average Bonchev–Trinajstić information content (AvgIpc) is 3.02. The maximum atomic E-state index is 14.9. The zero-order valence-electron chi connectivity index (χ0n) is 21.6. The molecule has 3 fully saturated rings. The van der Waals surface area contributed by atoms with Crippen molar-refractivity contribution >= 4 is 22.8 Å². The van der Waals surface area contributed by atoms with Crippen LogP contribution in [0.2, 0.25) is 0 Å². The van der Waals surface area contributed by atoms with Gasteiger partial charge in [-0.1, -0.05) is 6.92 Å². The number of carbonyl (C=O) groups excluding carboxylic acids is 1. The molecule has 1 N–H and O–H groups in total. The number of fused-ring (bicyclic) bond motifs is 2. The number of hydrogen-bond acceptors (Lipinski definition) is 4. The quantitative estimate of drug-likeness (QED) is 0.537. The van der Waals surface area contributed by atoms with E-state index in [9.17, 15) is 18.4 Å². The molecule has 8 heteroatoms. The van der Waals surface area contributed by atoms with Gasteiger partial charge in [0.05, 0.1) is 11.1 Å². The molecule has 3 aromatic rings. The van der Waals surface area contributed by atoms with Crippen molar-refractivity contribution < 1.29 is 13.6 Å². The number of nitrogens with zero attached hydrogens (tertiary/aromatic N) is 3. The molecule has 37 heavy (non-hydrogen) atoms. The van der Waals surface area contributed by atoms with Gasteiger partial charge in [0.15, 0.2) is 5.65 Å². The summed E-state index contributed by atoms with van der Waals surface area (Å²) in [6, 6.07) is 6.51. The Labute approximate surface area is 214 Å². The van der Waals surface area contributed by atoms with Gasteiger partial charge in [-0.3, -0.25) is 14.2 Å². The topological polar surface area (TPSA) is 67.2 Å². The Balaban J connectivity index is 1.45. The van der Waals surface area contributed by atoms with E-state index in [-0.39, 0.29) is 27.7 Å². The molecule has 194 valence electrons. The molecular formula is C29H32F2N4O2. The van der Waals surface area contributed by atoms with Crippen molar-refractivity contribution in [3.8, 4) is 5.69 Å². The minimum absolute atomic E-state index is 0.00913. The van der Waals surface area contributed by atoms with Crippen LogP contribution in [-0.4, -0.2) is 35.1 Å². The van der Waals surface area contributed by atoms with Crippen LogP contribution in [0.5, 0.6) is 0 Å². The van der Waals surface area contributed by atoms with Gasteiger partial charge >= 0.3 is 0 Å². The van der Waals surface area contributed by atoms with Crippen molar-refractivity contribution in [1.29, 1.82) is 0 Å². The first-order valence-corrected chi connectivity index (χ1v) is 13.0. The van der Waals surface area contributed by atoms with E-state index in [4.69, 9.17) is 0 Å². The highest BCUT2D eigenvalue weighted by atomic mass is 19.1. The molecule has 2 heterocycles. The van der Waals surface area contributed by atoms with Crippen LogP contribution >= 0.6 is 0 Å². The van der Waals surface area contributed by atoms with Crippen LogP contribution in [0.3, 0.4) is 0 Å². The summed E-state index contributed by atoms with van der Waals surface area (Å²) in [5, 5.41) is 3.41. The fourth-order valence-electron chi connectivity index (χ4n) is 7.65. The second-order valence-corrected chi connectivity index (χ2v) is 12.3. The molecule has 5 atom stereocenters. The number of halogens is 2. The van der Waals surface area contributed by atoms with Gasteiger partial charge in [-0.2, -0.15) is 0 Å². The summed E-state index contributed by atoms with van der Waals surface area (Å²) in [4.78, 5) is 33.6. The maximum absolute atomic E-state index is 14.9. The molecule has 2 bridgehead atoms. The number of benzene rings is 1. The fraction of sp³-hybridized carbons (Fsp3) is 0.483. The van der Waals surface area contributed by atoms with Gasteiger partial charge in [0.25, 0.3) is 5.91 Å². The lowest BCUT2D eigenvalue weighted by atomic mass is 9.61. The van der Waals surface area contributed by atoms with Crippen LogP contribution in [0.1, 0.15) is 56.3 Å². The Hall–Kier alpha value is -3.29. The minimum Gasteiger partial charge on any atom is -0.363 e. The fourth-order valence-corrected chi connectivity index (χ4v) is 7.65. The Morgan fingerprint density at radius 1 is 1.11 bits per heavy atom. The zero-order valence-corrected chi connectivity index (χ0v) is 21.6. The lowest BCUT2D eigenvalue weighted by molar-refractivity contribution is 0.0514. The molecule has 1 aromatic carbocycles. The van der Waals surface area contributed by atoms with Gasteiger partial charge in [0.2, 0.25) is 5.43 Å². The predicted molar refractivity (Wildman–Crippen MR) is 139 cm³/mol. The molecule has 2 aromatic heterocycles. The molecule has 3 aliphatic carbocycles. The van der Waals surface area contributed by atoms with E-state index < -0.39 is 28.5 Å². The number of nitrogens with one attached hydrogen (secondary N) is 1. The molecule has 3 aliphatic rings. The van der Waals surface area contributed by atoms with Crippen molar-refractivity contribution in [3.63, 3.8) is 0 Å². The first-order valence-electron chi connectivity index (χ1n) is 13.0. The second kappa shape index (κ2) is 8.10. The Morgan fingerprint density at radius 3 is 2.59 bits per heavy atom. The van der Waals surface area contributed by atoms with Crippen molar-refractivity contribution in [3.05, 3.63) is 63.9 Å². The van der Waals surface area contributed by atoms with E-state index in [0.29, 0.717) is 11.7 Å². The molecule has 0 radical (unpaired) electrons. The SMILES string of the molecule is CN(C)c1ccc2c(=O)c(C(=O)NC3(C)CC4CC5CC(C)(CC54)C3)cn(-c3ccc(F)cc3F)c2n1. The number of carbonyl (C=O) groups is 1. The molecule has 0 spiro atoms. The summed E-state index contributed by atoms with van der Waals surface area (Å²) < 4.78 is 30.0. The maximum Gasteiger partial charge on any atom is 0.257 e. The second-order valence-electron chi connectivity index (χ2n) is 12.3. The first kappa shape index (κ1) is 24.1. The van der Waals surface area contributed by atoms with E-state index in [1.807, 2.05) is 14.1 Å². The number of aromatic nitrogens is 2. The summed E-state index contributed by atoms with van der Waals surface area (Å²) in [5.74, 6) is 0.748. The Kier molecular flexibility index (Phi) is 5.27. The highest BCUT2D eigenvalue weighted by molar-refractivity contribution is 5.97. The van der Waals surface area contributed by atoms with Gasteiger partial charge < -0.3 is 10.2 Å². The van der Waals surface area contributed by atoms with Gasteiger partial charge in [0, 0.05) is 31.9 Å². The zero-order chi connectivity index (χ0) is 26.3. The smallest absolute Gasteiger partial charge is 0.257 e. The van der Waals surface area contributed by atoms with Crippen LogP contribution in [0, 0.1) is 34.8 Å². The highest BCUT2D eigenvalue weighted by Gasteiger charge is 2.58. The van der Waals surface area contributed by atoms with Gasteiger partial charge in [-0.05, 0) is 86.5 Å². The standard InChI is InChI=1S/C29H32F2N4O2/c1-28-11-16-9-17(20(16)13-28)12-29(2,15-28)33-27(37)21-14-35(23-7-5-18(30)10-22(23)31)26-19(25(21)36)6-8-24(32-26)34(3)4/h5-8,10,14,16-17,20H,9,11-13,15H2,1-4H3,(H,33,37). The third kappa shape index (κ3) is 3.92. The number of hydrogen-bond donors (Lipinski definition) is 1. The molecule has 0 aliphatic heterocycles. The number of amides is 1. The van der Waals surface area contributed by atoms with Crippen molar-refractivity contribution in [2.24, 2.45) is 23.2 Å². The monoisotopic (exact) mass is 506 g/mol. The van der Waals surface area contributed by atoms with Crippen molar-refractivity contribution in [2.45, 2.75) is 51.5 Å². The van der Waals surface area contributed by atoms with E-state index in [0.717, 1.165) is 36.8 Å². The number of rotatable bonds is 4. The van der Waals surface area contributed by atoms with Gasteiger partial charge in [0.1, 0.15) is 23.0 Å². The third-order valence-corrected chi connectivity index (χ3v) is 8.95. The molecule has 1 amide bonds. The van der Waals surface area contributed by atoms with Crippen LogP contribution in [0.15, 0.2) is 41.3 Å². The molecular weight excluding hydrogens is 474 g/mol. The van der Waals surface area contributed by atoms with Gasteiger partial charge in [-0.25, -0.2) is 13.8 Å². The number of pyridine rings is 2. The third-order valence-electron chi connectivity index (χ3n) is 8.95. The Morgan fingerprint density at radius 2 is 1.86 bits per heavy atom. The van der Waals surface area contributed by atoms with Crippen LogP contribution < -0.4 is 15.6 Å². The predicted octanol–water partition coefficient (Wildman–Crippen LogP) is 5.06. The first-order chi connectivity index (χ1) is 17.5. The van der Waals surface area contributed by atoms with E-state index >= 15 is 0 Å². The van der Waals surface area contributed by atoms with Crippen LogP contribution in [0.4, 0.5) is 14.6 Å². The summed E-state index contributed by atoms with van der Waals surface area (Å²) in [5.41, 5.74) is -0.577. The molecule has 6 nitrogen and oxygen atoms in total. The summed E-state index contributed by atoms with van der Waals surface area (Å²) in [6.07, 6.45) is 6.75. The normalized spacial score (nSPS) is 30.1. The van der Waals surface area contributed by atoms with E-state index in [2.05, 4.69) is 24.1 Å². The van der Waals surface area contributed by atoms with Crippen molar-refractivity contribution in [2.75, 3.05) is 19.0 Å². The number of anilines is 1.